The zero-order valence-electron chi connectivity index (χ0n) is 9.54. The van der Waals surface area contributed by atoms with Crippen molar-refractivity contribution >= 4 is 33.4 Å². The molecule has 6 heteroatoms. The molecule has 0 aliphatic carbocycles. The van der Waals surface area contributed by atoms with Gasteiger partial charge in [0.15, 0.2) is 0 Å². The second-order valence-corrected chi connectivity index (χ2v) is 5.58. The van der Waals surface area contributed by atoms with Crippen molar-refractivity contribution in [3.8, 4) is 6.07 Å². The summed E-state index contributed by atoms with van der Waals surface area (Å²) in [5, 5.41) is 19.3. The van der Waals surface area contributed by atoms with Crippen LogP contribution in [0.5, 0.6) is 0 Å². The third kappa shape index (κ3) is 3.34. The third-order valence-electron chi connectivity index (χ3n) is 2.34. The first-order valence-corrected chi connectivity index (χ1v) is 6.83. The fourth-order valence-electron chi connectivity index (χ4n) is 1.42. The molecule has 0 fully saturated rings. The molecule has 0 N–H and O–H groups in total. The molecule has 0 aromatic heterocycles. The minimum Gasteiger partial charge on any atom is -0.258 e. The molecule has 0 saturated heterocycles. The molecule has 19 heavy (non-hydrogen) atoms. The molecular formula is C13H7BrN2O2S. The number of non-ortho nitro benzene ring substituents is 1. The molecule has 0 aliphatic rings. The Kier molecular flexibility index (Phi) is 4.20. The number of nitro groups is 1. The van der Waals surface area contributed by atoms with E-state index < -0.39 is 4.92 Å². The van der Waals surface area contributed by atoms with Crippen LogP contribution in [0.4, 0.5) is 5.69 Å². The van der Waals surface area contributed by atoms with Crippen LogP contribution in [0.2, 0.25) is 0 Å². The van der Waals surface area contributed by atoms with Crippen molar-refractivity contribution in [3.05, 3.63) is 62.6 Å². The van der Waals surface area contributed by atoms with E-state index in [4.69, 9.17) is 5.26 Å². The summed E-state index contributed by atoms with van der Waals surface area (Å²) in [6, 6.07) is 13.7. The van der Waals surface area contributed by atoms with Crippen LogP contribution in [0, 0.1) is 21.4 Å². The Morgan fingerprint density at radius 3 is 2.42 bits per heavy atom. The summed E-state index contributed by atoms with van der Waals surface area (Å²) in [4.78, 5) is 12.0. The molecule has 0 saturated carbocycles. The largest absolute Gasteiger partial charge is 0.269 e. The second-order valence-electron chi connectivity index (χ2n) is 3.61. The summed E-state index contributed by atoms with van der Waals surface area (Å²) in [6.45, 7) is 0. The van der Waals surface area contributed by atoms with Crippen LogP contribution >= 0.6 is 27.7 Å². The molecule has 2 rings (SSSR count). The van der Waals surface area contributed by atoms with Crippen LogP contribution in [0.25, 0.3) is 0 Å². The lowest BCUT2D eigenvalue weighted by atomic mass is 10.2. The standard InChI is InChI=1S/C13H7BrN2O2S/c14-12-7-9(8-15)1-6-13(12)19-11-4-2-10(3-5-11)16(17)18/h1-7H. The fourth-order valence-corrected chi connectivity index (χ4v) is 2.86. The lowest BCUT2D eigenvalue weighted by molar-refractivity contribution is -0.384. The summed E-state index contributed by atoms with van der Waals surface area (Å²) in [6.07, 6.45) is 0. The lowest BCUT2D eigenvalue weighted by Gasteiger charge is -2.04. The van der Waals surface area contributed by atoms with Crippen molar-refractivity contribution in [2.45, 2.75) is 9.79 Å². The van der Waals surface area contributed by atoms with Gasteiger partial charge < -0.3 is 0 Å². The van der Waals surface area contributed by atoms with E-state index in [9.17, 15) is 10.1 Å². The Hall–Kier alpha value is -1.84. The Morgan fingerprint density at radius 1 is 1.21 bits per heavy atom. The number of halogens is 1. The van der Waals surface area contributed by atoms with Crippen molar-refractivity contribution in [3.63, 3.8) is 0 Å². The minimum atomic E-state index is -0.425. The minimum absolute atomic E-state index is 0.0724. The van der Waals surface area contributed by atoms with Gasteiger partial charge in [-0.2, -0.15) is 5.26 Å². The monoisotopic (exact) mass is 334 g/mol. The van der Waals surface area contributed by atoms with E-state index >= 15 is 0 Å². The van der Waals surface area contributed by atoms with E-state index in [1.165, 1.54) is 23.9 Å². The number of nitro benzene ring substituents is 1. The molecule has 0 amide bonds. The average Bonchev–Trinajstić information content (AvgIpc) is 2.41. The van der Waals surface area contributed by atoms with Gasteiger partial charge in [-0.25, -0.2) is 0 Å². The van der Waals surface area contributed by atoms with Gasteiger partial charge in [-0.15, -0.1) is 0 Å². The average molecular weight is 335 g/mol. The van der Waals surface area contributed by atoms with Gasteiger partial charge in [0.25, 0.3) is 5.69 Å². The van der Waals surface area contributed by atoms with E-state index in [1.807, 2.05) is 6.07 Å². The highest BCUT2D eigenvalue weighted by atomic mass is 79.9. The van der Waals surface area contributed by atoms with Crippen LogP contribution < -0.4 is 0 Å². The van der Waals surface area contributed by atoms with Crippen molar-refractivity contribution in [1.82, 2.24) is 0 Å². The maximum Gasteiger partial charge on any atom is 0.269 e. The van der Waals surface area contributed by atoms with E-state index in [0.717, 1.165) is 14.3 Å². The van der Waals surface area contributed by atoms with Crippen molar-refractivity contribution in [2.75, 3.05) is 0 Å². The molecule has 0 bridgehead atoms. The maximum atomic E-state index is 10.6. The molecule has 0 heterocycles. The van der Waals surface area contributed by atoms with E-state index in [2.05, 4.69) is 22.0 Å². The van der Waals surface area contributed by atoms with Crippen LogP contribution in [0.1, 0.15) is 5.56 Å². The zero-order chi connectivity index (χ0) is 13.8. The second kappa shape index (κ2) is 5.87. The van der Waals surface area contributed by atoms with Crippen molar-refractivity contribution in [1.29, 1.82) is 5.26 Å². The summed E-state index contributed by atoms with van der Waals surface area (Å²) < 4.78 is 0.829. The summed E-state index contributed by atoms with van der Waals surface area (Å²) in [5.74, 6) is 0. The summed E-state index contributed by atoms with van der Waals surface area (Å²) in [5.41, 5.74) is 0.656. The Morgan fingerprint density at radius 2 is 1.89 bits per heavy atom. The highest BCUT2D eigenvalue weighted by Crippen LogP contribution is 2.34. The first kappa shape index (κ1) is 13.6. The SMILES string of the molecule is N#Cc1ccc(Sc2ccc([N+](=O)[O-])cc2)c(Br)c1. The van der Waals surface area contributed by atoms with Gasteiger partial charge >= 0.3 is 0 Å². The number of benzene rings is 2. The van der Waals surface area contributed by atoms with Gasteiger partial charge in [0, 0.05) is 26.4 Å². The Balaban J connectivity index is 2.22. The number of nitriles is 1. The van der Waals surface area contributed by atoms with Gasteiger partial charge in [-0.1, -0.05) is 11.8 Å². The molecule has 2 aromatic rings. The zero-order valence-corrected chi connectivity index (χ0v) is 11.9. The first-order valence-electron chi connectivity index (χ1n) is 5.22. The van der Waals surface area contributed by atoms with Crippen molar-refractivity contribution < 1.29 is 4.92 Å². The molecule has 2 aromatic carbocycles. The van der Waals surface area contributed by atoms with E-state index in [0.29, 0.717) is 5.56 Å². The smallest absolute Gasteiger partial charge is 0.258 e. The van der Waals surface area contributed by atoms with Gasteiger partial charge in [0.2, 0.25) is 0 Å². The molecule has 0 radical (unpaired) electrons. The molecular weight excluding hydrogens is 328 g/mol. The fraction of sp³-hybridized carbons (Fsp3) is 0. The predicted molar refractivity (Wildman–Crippen MR) is 76.1 cm³/mol. The van der Waals surface area contributed by atoms with Crippen LogP contribution in [-0.2, 0) is 0 Å². The van der Waals surface area contributed by atoms with Gasteiger partial charge in [-0.3, -0.25) is 10.1 Å². The topological polar surface area (TPSA) is 66.9 Å². The first-order chi connectivity index (χ1) is 9.10. The molecule has 0 atom stereocenters. The molecule has 94 valence electrons. The van der Waals surface area contributed by atoms with Gasteiger partial charge in [0.1, 0.15) is 0 Å². The van der Waals surface area contributed by atoms with Crippen LogP contribution in [-0.4, -0.2) is 4.92 Å². The summed E-state index contributed by atoms with van der Waals surface area (Å²) in [7, 11) is 0. The Labute approximate surface area is 122 Å². The number of hydrogen-bond donors (Lipinski definition) is 0. The van der Waals surface area contributed by atoms with Crippen LogP contribution in [0.15, 0.2) is 56.7 Å². The lowest BCUT2D eigenvalue weighted by Crippen LogP contribution is -1.86. The normalized spacial score (nSPS) is 9.89. The molecule has 0 aliphatic heterocycles. The maximum absolute atomic E-state index is 10.6. The van der Waals surface area contributed by atoms with Gasteiger partial charge in [0.05, 0.1) is 16.6 Å². The number of nitrogens with zero attached hydrogens (tertiary/aromatic N) is 2. The van der Waals surface area contributed by atoms with E-state index in [-0.39, 0.29) is 5.69 Å². The number of rotatable bonds is 3. The Bertz CT molecular complexity index is 665. The predicted octanol–water partition coefficient (Wildman–Crippen LogP) is 4.38. The van der Waals surface area contributed by atoms with Crippen molar-refractivity contribution in [2.24, 2.45) is 0 Å². The quantitative estimate of drug-likeness (QED) is 0.617. The van der Waals surface area contributed by atoms with E-state index in [1.54, 1.807) is 24.3 Å². The number of hydrogen-bond acceptors (Lipinski definition) is 4. The van der Waals surface area contributed by atoms with Crippen LogP contribution in [0.3, 0.4) is 0 Å². The highest BCUT2D eigenvalue weighted by molar-refractivity contribution is 9.10. The third-order valence-corrected chi connectivity index (χ3v) is 4.34. The highest BCUT2D eigenvalue weighted by Gasteiger charge is 2.07. The molecule has 0 spiro atoms. The molecule has 4 nitrogen and oxygen atoms in total. The molecule has 0 unspecified atom stereocenters. The van der Waals surface area contributed by atoms with Gasteiger partial charge in [-0.05, 0) is 46.3 Å². The summed E-state index contributed by atoms with van der Waals surface area (Å²) >= 11 is 4.88.